The van der Waals surface area contributed by atoms with Crippen LogP contribution in [0.15, 0.2) is 21.5 Å². The van der Waals surface area contributed by atoms with Crippen LogP contribution in [-0.2, 0) is 10.0 Å². The van der Waals surface area contributed by atoms with Crippen molar-refractivity contribution in [2.24, 2.45) is 11.8 Å². The van der Waals surface area contributed by atoms with E-state index in [9.17, 15) is 8.42 Å². The Hall–Kier alpha value is -0.790. The van der Waals surface area contributed by atoms with E-state index in [-0.39, 0.29) is 4.90 Å². The number of hydrogen-bond donors (Lipinski definition) is 1. The van der Waals surface area contributed by atoms with E-state index in [2.05, 4.69) is 22.9 Å². The van der Waals surface area contributed by atoms with E-state index < -0.39 is 10.0 Å². The van der Waals surface area contributed by atoms with Crippen LogP contribution in [0.25, 0.3) is 0 Å². The second-order valence-electron chi connectivity index (χ2n) is 5.28. The van der Waals surface area contributed by atoms with Crippen LogP contribution in [0.4, 0.5) is 5.69 Å². The topological polar surface area (TPSA) is 72.6 Å². The van der Waals surface area contributed by atoms with E-state index in [1.165, 1.54) is 17.5 Å². The summed E-state index contributed by atoms with van der Waals surface area (Å²) in [6.45, 7) is 2.66. The molecule has 112 valence electrons. The summed E-state index contributed by atoms with van der Waals surface area (Å²) in [5.74, 6) is 1.35. The fourth-order valence-electron chi connectivity index (χ4n) is 2.16. The number of methoxy groups -OCH3 is 1. The van der Waals surface area contributed by atoms with E-state index in [0.29, 0.717) is 34.3 Å². The first-order valence-corrected chi connectivity index (χ1v) is 8.60. The van der Waals surface area contributed by atoms with Gasteiger partial charge in [-0.05, 0) is 46.3 Å². The minimum absolute atomic E-state index is 0.108. The average Bonchev–Trinajstić information content (AvgIpc) is 3.07. The Morgan fingerprint density at radius 2 is 2.10 bits per heavy atom. The maximum absolute atomic E-state index is 12.6. The molecule has 2 unspecified atom stereocenters. The largest absolute Gasteiger partial charge is 0.495 e. The lowest BCUT2D eigenvalue weighted by Gasteiger charge is -2.19. The van der Waals surface area contributed by atoms with Gasteiger partial charge < -0.3 is 10.5 Å². The lowest BCUT2D eigenvalue weighted by atomic mass is 10.3. The Kier molecular flexibility index (Phi) is 4.32. The molecule has 2 N–H and O–H groups in total. The molecule has 20 heavy (non-hydrogen) atoms. The van der Waals surface area contributed by atoms with E-state index >= 15 is 0 Å². The summed E-state index contributed by atoms with van der Waals surface area (Å²) in [5.41, 5.74) is 6.16. The van der Waals surface area contributed by atoms with Crippen LogP contribution in [0, 0.1) is 11.8 Å². The zero-order valence-electron chi connectivity index (χ0n) is 11.8. The minimum atomic E-state index is -3.59. The highest BCUT2D eigenvalue weighted by atomic mass is 79.9. The van der Waals surface area contributed by atoms with E-state index in [0.717, 1.165) is 6.42 Å². The summed E-state index contributed by atoms with van der Waals surface area (Å²) in [6.07, 6.45) is 1.08. The van der Waals surface area contributed by atoms with Gasteiger partial charge in [-0.2, -0.15) is 0 Å². The Balaban J connectivity index is 2.35. The molecule has 0 radical (unpaired) electrons. The van der Waals surface area contributed by atoms with Gasteiger partial charge in [0.05, 0.1) is 7.11 Å². The molecule has 0 spiro atoms. The first-order valence-electron chi connectivity index (χ1n) is 6.36. The molecule has 2 rings (SSSR count). The van der Waals surface area contributed by atoms with Crippen LogP contribution in [-0.4, -0.2) is 33.4 Å². The summed E-state index contributed by atoms with van der Waals surface area (Å²) >= 11 is 3.27. The first kappa shape index (κ1) is 15.6. The van der Waals surface area contributed by atoms with Gasteiger partial charge in [0.2, 0.25) is 10.0 Å². The summed E-state index contributed by atoms with van der Waals surface area (Å²) in [4.78, 5) is 0.108. The number of halogens is 1. The smallest absolute Gasteiger partial charge is 0.246 e. The highest BCUT2D eigenvalue weighted by Crippen LogP contribution is 2.40. The van der Waals surface area contributed by atoms with Gasteiger partial charge in [-0.1, -0.05) is 6.92 Å². The maximum atomic E-state index is 12.6. The monoisotopic (exact) mass is 362 g/mol. The highest BCUT2D eigenvalue weighted by Gasteiger charge is 2.37. The molecule has 7 heteroatoms. The number of nitrogens with zero attached hydrogens (tertiary/aromatic N) is 1. The quantitative estimate of drug-likeness (QED) is 0.815. The van der Waals surface area contributed by atoms with Crippen molar-refractivity contribution in [2.45, 2.75) is 18.2 Å². The summed E-state index contributed by atoms with van der Waals surface area (Å²) in [5, 5.41) is 0. The lowest BCUT2D eigenvalue weighted by Crippen LogP contribution is -2.29. The van der Waals surface area contributed by atoms with E-state index in [4.69, 9.17) is 10.5 Å². The molecule has 1 aromatic rings. The number of rotatable bonds is 5. The fourth-order valence-corrected chi connectivity index (χ4v) is 3.88. The van der Waals surface area contributed by atoms with Gasteiger partial charge in [0, 0.05) is 23.8 Å². The van der Waals surface area contributed by atoms with Crippen molar-refractivity contribution in [3.8, 4) is 5.75 Å². The van der Waals surface area contributed by atoms with Crippen molar-refractivity contribution >= 4 is 31.6 Å². The normalized spacial score (nSPS) is 22.1. The molecule has 2 atom stereocenters. The maximum Gasteiger partial charge on any atom is 0.246 e. The van der Waals surface area contributed by atoms with Gasteiger partial charge in [-0.25, -0.2) is 12.7 Å². The molecule has 0 amide bonds. The Labute approximate surface area is 128 Å². The van der Waals surface area contributed by atoms with Crippen molar-refractivity contribution in [2.75, 3.05) is 26.4 Å². The molecule has 0 bridgehead atoms. The molecule has 0 saturated heterocycles. The van der Waals surface area contributed by atoms with Gasteiger partial charge in [-0.15, -0.1) is 0 Å². The Morgan fingerprint density at radius 3 is 2.60 bits per heavy atom. The standard InChI is InChI=1S/C13H19BrN2O3S/c1-8-4-9(8)7-16(2)20(17,18)13-6-11(15)10(14)5-12(13)19-3/h5-6,8-9H,4,7,15H2,1-3H3. The lowest BCUT2D eigenvalue weighted by molar-refractivity contribution is 0.396. The van der Waals surface area contributed by atoms with Crippen molar-refractivity contribution in [3.05, 3.63) is 16.6 Å². The molecule has 5 nitrogen and oxygen atoms in total. The predicted molar refractivity (Wildman–Crippen MR) is 82.2 cm³/mol. The second-order valence-corrected chi connectivity index (χ2v) is 8.15. The third kappa shape index (κ3) is 2.94. The third-order valence-corrected chi connectivity index (χ3v) is 6.27. The Bertz CT molecular complexity index is 618. The van der Waals surface area contributed by atoms with Crippen LogP contribution in [0.1, 0.15) is 13.3 Å². The minimum Gasteiger partial charge on any atom is -0.495 e. The number of nitrogen functional groups attached to an aromatic ring is 1. The van der Waals surface area contributed by atoms with Gasteiger partial charge in [0.15, 0.2) is 0 Å². The third-order valence-electron chi connectivity index (χ3n) is 3.74. The van der Waals surface area contributed by atoms with Gasteiger partial charge in [-0.3, -0.25) is 0 Å². The molecule has 0 heterocycles. The first-order chi connectivity index (χ1) is 9.27. The highest BCUT2D eigenvalue weighted by molar-refractivity contribution is 9.10. The molecular weight excluding hydrogens is 344 g/mol. The van der Waals surface area contributed by atoms with Crippen molar-refractivity contribution in [1.29, 1.82) is 0 Å². The second kappa shape index (κ2) is 5.54. The number of benzene rings is 1. The van der Waals surface area contributed by atoms with Crippen LogP contribution in [0.5, 0.6) is 5.75 Å². The molecule has 1 aliphatic carbocycles. The number of hydrogen-bond acceptors (Lipinski definition) is 4. The number of sulfonamides is 1. The molecule has 1 fully saturated rings. The van der Waals surface area contributed by atoms with Gasteiger partial charge >= 0.3 is 0 Å². The number of ether oxygens (including phenoxy) is 1. The van der Waals surface area contributed by atoms with Crippen LogP contribution < -0.4 is 10.5 Å². The molecular formula is C13H19BrN2O3S. The van der Waals surface area contributed by atoms with Crippen molar-refractivity contribution < 1.29 is 13.2 Å². The molecule has 1 aromatic carbocycles. The predicted octanol–water partition coefficient (Wildman–Crippen LogP) is 2.32. The fraction of sp³-hybridized carbons (Fsp3) is 0.538. The summed E-state index contributed by atoms with van der Waals surface area (Å²) in [7, 11) is -0.552. The summed E-state index contributed by atoms with van der Waals surface area (Å²) < 4.78 is 32.4. The van der Waals surface area contributed by atoms with Crippen LogP contribution in [0.3, 0.4) is 0 Å². The van der Waals surface area contributed by atoms with Gasteiger partial charge in [0.1, 0.15) is 10.6 Å². The molecule has 0 aromatic heterocycles. The van der Waals surface area contributed by atoms with Crippen LogP contribution in [0.2, 0.25) is 0 Å². The average molecular weight is 363 g/mol. The zero-order valence-corrected chi connectivity index (χ0v) is 14.2. The zero-order chi connectivity index (χ0) is 15.1. The van der Waals surface area contributed by atoms with Crippen LogP contribution >= 0.6 is 15.9 Å². The SMILES string of the molecule is COc1cc(Br)c(N)cc1S(=O)(=O)N(C)CC1CC1C. The molecule has 1 aliphatic rings. The molecule has 1 saturated carbocycles. The number of anilines is 1. The van der Waals surface area contributed by atoms with E-state index in [1.54, 1.807) is 13.1 Å². The number of nitrogens with two attached hydrogens (primary N) is 1. The molecule has 0 aliphatic heterocycles. The van der Waals surface area contributed by atoms with Crippen molar-refractivity contribution in [3.63, 3.8) is 0 Å². The summed E-state index contributed by atoms with van der Waals surface area (Å²) in [6, 6.07) is 3.01. The van der Waals surface area contributed by atoms with Crippen molar-refractivity contribution in [1.82, 2.24) is 4.31 Å². The van der Waals surface area contributed by atoms with E-state index in [1.807, 2.05) is 0 Å². The Morgan fingerprint density at radius 1 is 1.50 bits per heavy atom. The van der Waals surface area contributed by atoms with Gasteiger partial charge in [0.25, 0.3) is 0 Å².